The lowest BCUT2D eigenvalue weighted by Crippen LogP contribution is -2.06. The molecule has 0 saturated heterocycles. The molecule has 2 aromatic heterocycles. The van der Waals surface area contributed by atoms with Gasteiger partial charge in [-0.25, -0.2) is 0 Å². The minimum atomic E-state index is -0.228. The minimum absolute atomic E-state index is 0.152. The van der Waals surface area contributed by atoms with Crippen molar-refractivity contribution in [1.82, 2.24) is 9.97 Å². The first-order chi connectivity index (χ1) is 28.6. The zero-order valence-electron chi connectivity index (χ0n) is 32.0. The molecule has 10 rings (SSSR count). The lowest BCUT2D eigenvalue weighted by Gasteiger charge is -2.14. The Kier molecular flexibility index (Phi) is 9.30. The van der Waals surface area contributed by atoms with Crippen LogP contribution in [-0.4, -0.2) is 21.9 Å². The van der Waals surface area contributed by atoms with E-state index in [-0.39, 0.29) is 25.2 Å². The number of ether oxygens (including phenoxy) is 2. The molecule has 0 amide bonds. The highest BCUT2D eigenvalue weighted by molar-refractivity contribution is 6.24. The molecule has 0 unspecified atom stereocenters. The van der Waals surface area contributed by atoms with Crippen LogP contribution in [0.5, 0.6) is 0 Å². The number of pyridine rings is 2. The van der Waals surface area contributed by atoms with Gasteiger partial charge >= 0.3 is 11.9 Å². The van der Waals surface area contributed by atoms with Gasteiger partial charge in [-0.1, -0.05) is 109 Å². The topological polar surface area (TPSA) is 78.4 Å². The van der Waals surface area contributed by atoms with Crippen molar-refractivity contribution in [3.63, 3.8) is 0 Å². The first-order valence-corrected chi connectivity index (χ1v) is 20.1. The fraction of sp³-hybridized carbons (Fsp3) is 0.154. The van der Waals surface area contributed by atoms with Crippen LogP contribution in [0, 0.1) is 0 Å². The molecule has 0 saturated carbocycles. The van der Waals surface area contributed by atoms with Crippen LogP contribution in [0.3, 0.4) is 0 Å². The molecule has 0 fully saturated rings. The van der Waals surface area contributed by atoms with Crippen LogP contribution in [0.25, 0.3) is 76.0 Å². The van der Waals surface area contributed by atoms with E-state index in [1.54, 1.807) is 12.4 Å². The Hall–Kier alpha value is -6.92. The third-order valence-corrected chi connectivity index (χ3v) is 11.6. The first kappa shape index (κ1) is 35.5. The first-order valence-electron chi connectivity index (χ1n) is 20.1. The summed E-state index contributed by atoms with van der Waals surface area (Å²) in [4.78, 5) is 34.7. The smallest absolute Gasteiger partial charge is 0.306 e. The van der Waals surface area contributed by atoms with Crippen LogP contribution in [0.15, 0.2) is 146 Å². The van der Waals surface area contributed by atoms with Crippen molar-refractivity contribution in [2.75, 3.05) is 0 Å². The third kappa shape index (κ3) is 6.81. The van der Waals surface area contributed by atoms with Gasteiger partial charge < -0.3 is 9.47 Å². The van der Waals surface area contributed by atoms with E-state index in [4.69, 9.17) is 9.47 Å². The van der Waals surface area contributed by atoms with Gasteiger partial charge in [0.2, 0.25) is 0 Å². The number of aryl methyl sites for hydroxylation is 2. The van der Waals surface area contributed by atoms with Gasteiger partial charge in [0.05, 0.1) is 11.4 Å². The quantitative estimate of drug-likeness (QED) is 0.0861. The van der Waals surface area contributed by atoms with Crippen molar-refractivity contribution >= 4 is 76.6 Å². The van der Waals surface area contributed by atoms with Crippen molar-refractivity contribution in [3.05, 3.63) is 168 Å². The summed E-state index contributed by atoms with van der Waals surface area (Å²) in [5.74, 6) is -0.456. The van der Waals surface area contributed by atoms with E-state index in [1.165, 1.54) is 75.8 Å². The highest BCUT2D eigenvalue weighted by atomic mass is 16.5. The maximum atomic E-state index is 12.8. The number of aromatic nitrogens is 2. The molecular weight excluding hydrogens is 717 g/mol. The number of benzene rings is 8. The largest absolute Gasteiger partial charge is 0.461 e. The summed E-state index contributed by atoms with van der Waals surface area (Å²) in [6.45, 7) is 0.304. The van der Waals surface area contributed by atoms with Gasteiger partial charge in [-0.15, -0.1) is 0 Å². The monoisotopic (exact) mass is 756 g/mol. The molecule has 0 aliphatic carbocycles. The van der Waals surface area contributed by atoms with Gasteiger partial charge in [-0.2, -0.15) is 0 Å². The van der Waals surface area contributed by atoms with Crippen LogP contribution >= 0.6 is 0 Å². The fourth-order valence-corrected chi connectivity index (χ4v) is 8.75. The van der Waals surface area contributed by atoms with Crippen LogP contribution in [-0.2, 0) is 45.1 Å². The number of carbonyl (C=O) groups excluding carboxylic acids is 2. The second kappa shape index (κ2) is 15.2. The Morgan fingerprint density at radius 2 is 0.810 bits per heavy atom. The summed E-state index contributed by atoms with van der Waals surface area (Å²) in [7, 11) is 0. The van der Waals surface area contributed by atoms with Gasteiger partial charge in [0.15, 0.2) is 0 Å². The summed E-state index contributed by atoms with van der Waals surface area (Å²) in [6.07, 6.45) is 7.05. The van der Waals surface area contributed by atoms with Crippen molar-refractivity contribution < 1.29 is 19.1 Å². The van der Waals surface area contributed by atoms with E-state index in [0.29, 0.717) is 37.1 Å². The number of esters is 2. The van der Waals surface area contributed by atoms with Crippen LogP contribution < -0.4 is 0 Å². The minimum Gasteiger partial charge on any atom is -0.461 e. The number of hydrogen-bond donors (Lipinski definition) is 0. The Balaban J connectivity index is 0.714. The normalized spacial score (nSPS) is 11.8. The SMILES string of the molecule is O=C(CCCc1ccc2ccc3cccc4ccc1c2c34)OCc1ccnc(-c2cc(COC(=O)CCCc3ccc4ccc5cccc6ccc3c4c56)ccn2)c1. The molecule has 8 aromatic carbocycles. The lowest BCUT2D eigenvalue weighted by atomic mass is 9.90. The molecule has 0 atom stereocenters. The number of hydrogen-bond acceptors (Lipinski definition) is 6. The van der Waals surface area contributed by atoms with Crippen LogP contribution in [0.2, 0.25) is 0 Å². The second-order valence-electron chi connectivity index (χ2n) is 15.3. The number of nitrogens with zero attached hydrogens (tertiary/aromatic N) is 2. The predicted octanol–water partition coefficient (Wildman–Crippen LogP) is 12.1. The Labute approximate surface area is 335 Å². The molecule has 6 heteroatoms. The molecule has 0 aliphatic heterocycles. The summed E-state index contributed by atoms with van der Waals surface area (Å²) in [5.41, 5.74) is 5.46. The zero-order valence-corrected chi connectivity index (χ0v) is 32.0. The maximum Gasteiger partial charge on any atom is 0.306 e. The lowest BCUT2D eigenvalue weighted by molar-refractivity contribution is -0.146. The summed E-state index contributed by atoms with van der Waals surface area (Å²) in [5, 5.41) is 15.2. The molecular formula is C52H40N2O4. The van der Waals surface area contributed by atoms with Crippen molar-refractivity contribution in [3.8, 4) is 11.4 Å². The van der Waals surface area contributed by atoms with Crippen molar-refractivity contribution in [2.45, 2.75) is 51.7 Å². The molecule has 2 heterocycles. The molecule has 10 aromatic rings. The standard InChI is InChI=1S/C52H40N2O4/c55-47(11-3-5-35-13-15-41-19-17-37-7-1-9-39-21-23-43(35)51(41)49(37)39)57-31-33-25-27-53-45(29-33)46-30-34(26-28-54-46)32-58-48(56)12-4-6-36-14-16-42-20-18-38-8-2-10-40-22-24-44(36)52(42)50(38)40/h1-2,7-10,13-30H,3-6,11-12,31-32H2. The van der Waals surface area contributed by atoms with Crippen LogP contribution in [0.1, 0.15) is 47.9 Å². The molecule has 0 spiro atoms. The van der Waals surface area contributed by atoms with E-state index >= 15 is 0 Å². The zero-order chi connectivity index (χ0) is 39.0. The summed E-state index contributed by atoms with van der Waals surface area (Å²) in [6, 6.07) is 46.7. The average molecular weight is 757 g/mol. The molecule has 0 N–H and O–H groups in total. The average Bonchev–Trinajstić information content (AvgIpc) is 3.27. The van der Waals surface area contributed by atoms with E-state index in [0.717, 1.165) is 24.0 Å². The van der Waals surface area contributed by atoms with Crippen LogP contribution in [0.4, 0.5) is 0 Å². The second-order valence-corrected chi connectivity index (χ2v) is 15.3. The highest BCUT2D eigenvalue weighted by Gasteiger charge is 2.14. The van der Waals surface area contributed by atoms with E-state index in [9.17, 15) is 9.59 Å². The Morgan fingerprint density at radius 3 is 1.24 bits per heavy atom. The van der Waals surface area contributed by atoms with Gasteiger partial charge in [0.1, 0.15) is 13.2 Å². The molecule has 282 valence electrons. The number of rotatable bonds is 13. The Bertz CT molecular complexity index is 2890. The highest BCUT2D eigenvalue weighted by Crippen LogP contribution is 2.38. The summed E-state index contributed by atoms with van der Waals surface area (Å²) >= 11 is 0. The van der Waals surface area contributed by atoms with Gasteiger partial charge in [-0.05, 0) is 137 Å². The number of carbonyl (C=O) groups is 2. The van der Waals surface area contributed by atoms with Crippen molar-refractivity contribution in [1.29, 1.82) is 0 Å². The van der Waals surface area contributed by atoms with Gasteiger partial charge in [0, 0.05) is 25.2 Å². The van der Waals surface area contributed by atoms with Gasteiger partial charge in [0.25, 0.3) is 0 Å². The molecule has 0 aliphatic rings. The molecule has 0 bridgehead atoms. The summed E-state index contributed by atoms with van der Waals surface area (Å²) < 4.78 is 11.4. The van der Waals surface area contributed by atoms with Gasteiger partial charge in [-0.3, -0.25) is 19.6 Å². The maximum absolute atomic E-state index is 12.8. The Morgan fingerprint density at radius 1 is 0.431 bits per heavy atom. The fourth-order valence-electron chi connectivity index (χ4n) is 8.75. The third-order valence-electron chi connectivity index (χ3n) is 11.6. The van der Waals surface area contributed by atoms with E-state index in [2.05, 4.69) is 119 Å². The predicted molar refractivity (Wildman–Crippen MR) is 233 cm³/mol. The van der Waals surface area contributed by atoms with E-state index in [1.807, 2.05) is 24.3 Å². The van der Waals surface area contributed by atoms with Crippen molar-refractivity contribution in [2.24, 2.45) is 0 Å². The van der Waals surface area contributed by atoms with E-state index < -0.39 is 0 Å². The molecule has 6 nitrogen and oxygen atoms in total. The molecule has 58 heavy (non-hydrogen) atoms. The molecule has 0 radical (unpaired) electrons.